The lowest BCUT2D eigenvalue weighted by atomic mass is 9.93. The molecule has 0 bridgehead atoms. The lowest BCUT2D eigenvalue weighted by Gasteiger charge is -2.30. The van der Waals surface area contributed by atoms with Gasteiger partial charge >= 0.3 is 5.97 Å². The van der Waals surface area contributed by atoms with Crippen molar-refractivity contribution in [2.75, 3.05) is 13.1 Å². The summed E-state index contributed by atoms with van der Waals surface area (Å²) in [6.45, 7) is 1.23. The summed E-state index contributed by atoms with van der Waals surface area (Å²) in [6.07, 6.45) is 4.93. The maximum Gasteiger partial charge on any atom is 0.303 e. The van der Waals surface area contributed by atoms with Gasteiger partial charge in [-0.05, 0) is 36.5 Å². The maximum absolute atomic E-state index is 12.1. The largest absolute Gasteiger partial charge is 0.481 e. The molecule has 0 spiro atoms. The molecule has 1 aliphatic heterocycles. The predicted octanol–water partition coefficient (Wildman–Crippen LogP) is 3.07. The molecule has 0 radical (unpaired) electrons. The molecule has 1 aromatic rings. The Bertz CT molecular complexity index is 548. The van der Waals surface area contributed by atoms with E-state index in [0.717, 1.165) is 18.4 Å². The van der Waals surface area contributed by atoms with Crippen molar-refractivity contribution in [2.24, 2.45) is 5.92 Å². The Morgan fingerprint density at radius 3 is 2.57 bits per heavy atom. The summed E-state index contributed by atoms with van der Waals surface area (Å²) in [6, 6.07) is 7.34. The molecular formula is C16H18ClNO3. The second-order valence-corrected chi connectivity index (χ2v) is 5.63. The zero-order chi connectivity index (χ0) is 15.2. The summed E-state index contributed by atoms with van der Waals surface area (Å²) in [5, 5.41) is 9.39. The van der Waals surface area contributed by atoms with Crippen molar-refractivity contribution >= 4 is 29.6 Å². The standard InChI is InChI=1S/C16H18ClNO3/c17-14-4-2-1-3-13(14)5-6-15(19)18-9-7-12(8-10-18)11-16(20)21/h1-6,12H,7-11H2,(H,20,21). The lowest BCUT2D eigenvalue weighted by Crippen LogP contribution is -2.37. The fourth-order valence-electron chi connectivity index (χ4n) is 2.48. The summed E-state index contributed by atoms with van der Waals surface area (Å²) in [5.74, 6) is -0.638. The van der Waals surface area contributed by atoms with Gasteiger partial charge in [-0.1, -0.05) is 29.8 Å². The molecule has 21 heavy (non-hydrogen) atoms. The summed E-state index contributed by atoms with van der Waals surface area (Å²) in [5.41, 5.74) is 0.813. The topological polar surface area (TPSA) is 57.6 Å². The summed E-state index contributed by atoms with van der Waals surface area (Å²) >= 11 is 6.03. The van der Waals surface area contributed by atoms with Gasteiger partial charge in [0.1, 0.15) is 0 Å². The second kappa shape index (κ2) is 7.27. The molecule has 0 atom stereocenters. The van der Waals surface area contributed by atoms with Gasteiger partial charge in [-0.3, -0.25) is 9.59 Å². The average Bonchev–Trinajstić information content (AvgIpc) is 2.46. The van der Waals surface area contributed by atoms with Gasteiger partial charge in [0.25, 0.3) is 0 Å². The van der Waals surface area contributed by atoms with Crippen LogP contribution in [0.15, 0.2) is 30.3 Å². The first-order chi connectivity index (χ1) is 10.1. The Morgan fingerprint density at radius 2 is 1.95 bits per heavy atom. The molecular weight excluding hydrogens is 290 g/mol. The molecule has 112 valence electrons. The molecule has 0 saturated carbocycles. The van der Waals surface area contributed by atoms with Gasteiger partial charge in [0, 0.05) is 30.6 Å². The monoisotopic (exact) mass is 307 g/mol. The van der Waals surface area contributed by atoms with Crippen LogP contribution in [0.25, 0.3) is 6.08 Å². The summed E-state index contributed by atoms with van der Waals surface area (Å²) in [4.78, 5) is 24.5. The molecule has 1 aliphatic rings. The minimum atomic E-state index is -0.765. The summed E-state index contributed by atoms with van der Waals surface area (Å²) < 4.78 is 0. The number of rotatable bonds is 4. The van der Waals surface area contributed by atoms with Gasteiger partial charge in [0.2, 0.25) is 5.91 Å². The molecule has 4 nitrogen and oxygen atoms in total. The van der Waals surface area contributed by atoms with E-state index in [1.165, 1.54) is 6.08 Å². The van der Waals surface area contributed by atoms with Crippen LogP contribution in [0.4, 0.5) is 0 Å². The normalized spacial score (nSPS) is 16.3. The Kier molecular flexibility index (Phi) is 5.39. The molecule has 1 N–H and O–H groups in total. The van der Waals surface area contributed by atoms with Crippen LogP contribution in [-0.2, 0) is 9.59 Å². The van der Waals surface area contributed by atoms with Crippen LogP contribution in [0.3, 0.4) is 0 Å². The number of carboxylic acid groups (broad SMARTS) is 1. The molecule has 0 aromatic heterocycles. The lowest BCUT2D eigenvalue weighted by molar-refractivity contribution is -0.138. The Balaban J connectivity index is 1.88. The number of aliphatic carboxylic acids is 1. The van der Waals surface area contributed by atoms with Crippen molar-refractivity contribution in [3.63, 3.8) is 0 Å². The number of hydrogen-bond donors (Lipinski definition) is 1. The van der Waals surface area contributed by atoms with Gasteiger partial charge in [-0.25, -0.2) is 0 Å². The number of benzene rings is 1. The van der Waals surface area contributed by atoms with E-state index in [1.54, 1.807) is 17.0 Å². The van der Waals surface area contributed by atoms with Crippen LogP contribution in [0, 0.1) is 5.92 Å². The minimum absolute atomic E-state index is 0.0521. The molecule has 1 amide bonds. The Hall–Kier alpha value is -1.81. The first-order valence-corrected chi connectivity index (χ1v) is 7.37. The zero-order valence-electron chi connectivity index (χ0n) is 11.7. The van der Waals surface area contributed by atoms with Gasteiger partial charge < -0.3 is 10.0 Å². The number of hydrogen-bond acceptors (Lipinski definition) is 2. The second-order valence-electron chi connectivity index (χ2n) is 5.22. The van der Waals surface area contributed by atoms with E-state index < -0.39 is 5.97 Å². The van der Waals surface area contributed by atoms with Crippen molar-refractivity contribution in [1.29, 1.82) is 0 Å². The smallest absolute Gasteiger partial charge is 0.303 e. The highest BCUT2D eigenvalue weighted by Crippen LogP contribution is 2.21. The van der Waals surface area contributed by atoms with Crippen molar-refractivity contribution in [3.05, 3.63) is 40.9 Å². The van der Waals surface area contributed by atoms with E-state index in [4.69, 9.17) is 16.7 Å². The van der Waals surface area contributed by atoms with E-state index in [2.05, 4.69) is 0 Å². The van der Waals surface area contributed by atoms with E-state index in [0.29, 0.717) is 18.1 Å². The highest BCUT2D eigenvalue weighted by Gasteiger charge is 2.23. The number of carbonyl (C=O) groups is 2. The zero-order valence-corrected chi connectivity index (χ0v) is 12.4. The van der Waals surface area contributed by atoms with Crippen molar-refractivity contribution in [3.8, 4) is 0 Å². The molecule has 1 fully saturated rings. The van der Waals surface area contributed by atoms with Gasteiger partial charge in [0.05, 0.1) is 0 Å². The number of piperidine rings is 1. The summed E-state index contributed by atoms with van der Waals surface area (Å²) in [7, 11) is 0. The molecule has 1 saturated heterocycles. The SMILES string of the molecule is O=C(O)CC1CCN(C(=O)C=Cc2ccccc2Cl)CC1. The quantitative estimate of drug-likeness (QED) is 0.870. The number of carboxylic acids is 1. The number of likely N-dealkylation sites (tertiary alicyclic amines) is 1. The third-order valence-corrected chi connectivity index (χ3v) is 4.04. The van der Waals surface area contributed by atoms with E-state index >= 15 is 0 Å². The third kappa shape index (κ3) is 4.60. The van der Waals surface area contributed by atoms with E-state index in [1.807, 2.05) is 18.2 Å². The molecule has 0 unspecified atom stereocenters. The van der Waals surface area contributed by atoms with Gasteiger partial charge in [0.15, 0.2) is 0 Å². The van der Waals surface area contributed by atoms with Crippen LogP contribution < -0.4 is 0 Å². The minimum Gasteiger partial charge on any atom is -0.481 e. The maximum atomic E-state index is 12.1. The average molecular weight is 308 g/mol. The van der Waals surface area contributed by atoms with E-state index in [9.17, 15) is 9.59 Å². The van der Waals surface area contributed by atoms with Crippen molar-refractivity contribution in [1.82, 2.24) is 4.90 Å². The fraction of sp³-hybridized carbons (Fsp3) is 0.375. The third-order valence-electron chi connectivity index (χ3n) is 3.70. The predicted molar refractivity (Wildman–Crippen MR) is 82.0 cm³/mol. The molecule has 1 aromatic carbocycles. The molecule has 5 heteroatoms. The van der Waals surface area contributed by atoms with Crippen LogP contribution in [-0.4, -0.2) is 35.0 Å². The Labute approximate surface area is 129 Å². The number of carbonyl (C=O) groups excluding carboxylic acids is 1. The molecule has 2 rings (SSSR count). The van der Waals surface area contributed by atoms with Gasteiger partial charge in [-0.2, -0.15) is 0 Å². The number of halogens is 1. The van der Waals surface area contributed by atoms with Crippen LogP contribution >= 0.6 is 11.6 Å². The van der Waals surface area contributed by atoms with Crippen LogP contribution in [0.1, 0.15) is 24.8 Å². The van der Waals surface area contributed by atoms with Crippen molar-refractivity contribution < 1.29 is 14.7 Å². The molecule has 0 aliphatic carbocycles. The number of nitrogens with zero attached hydrogens (tertiary/aromatic N) is 1. The highest BCUT2D eigenvalue weighted by atomic mass is 35.5. The van der Waals surface area contributed by atoms with E-state index in [-0.39, 0.29) is 18.2 Å². The highest BCUT2D eigenvalue weighted by molar-refractivity contribution is 6.32. The fourth-order valence-corrected chi connectivity index (χ4v) is 2.68. The van der Waals surface area contributed by atoms with Crippen LogP contribution in [0.2, 0.25) is 5.02 Å². The van der Waals surface area contributed by atoms with Crippen molar-refractivity contribution in [2.45, 2.75) is 19.3 Å². The van der Waals surface area contributed by atoms with Crippen LogP contribution in [0.5, 0.6) is 0 Å². The van der Waals surface area contributed by atoms with Gasteiger partial charge in [-0.15, -0.1) is 0 Å². The first kappa shape index (κ1) is 15.6. The first-order valence-electron chi connectivity index (χ1n) is 6.99. The Morgan fingerprint density at radius 1 is 1.29 bits per heavy atom. The molecule has 1 heterocycles. The number of amides is 1.